The highest BCUT2D eigenvalue weighted by molar-refractivity contribution is 5.85. The number of amides is 1. The van der Waals surface area contributed by atoms with Gasteiger partial charge in [0.25, 0.3) is 0 Å². The second kappa shape index (κ2) is 7.53. The number of nitrogens with one attached hydrogen (secondary N) is 2. The zero-order valence-corrected chi connectivity index (χ0v) is 11.2. The molecule has 0 aliphatic heterocycles. The van der Waals surface area contributed by atoms with Gasteiger partial charge in [0.1, 0.15) is 6.54 Å². The molecule has 0 aromatic heterocycles. The normalized spacial score (nSPS) is 12.2. The molecule has 1 aromatic rings. The summed E-state index contributed by atoms with van der Waals surface area (Å²) in [5.74, 6) is -1.25. The van der Waals surface area contributed by atoms with Gasteiger partial charge < -0.3 is 15.7 Å². The maximum atomic E-state index is 11.9. The molecule has 3 N–H and O–H groups in total. The van der Waals surface area contributed by atoms with E-state index < -0.39 is 12.0 Å². The molecule has 0 saturated carbocycles. The van der Waals surface area contributed by atoms with Crippen molar-refractivity contribution < 1.29 is 14.7 Å². The lowest BCUT2D eigenvalue weighted by Gasteiger charge is -2.21. The molecule has 1 atom stereocenters. The Kier molecular flexibility index (Phi) is 6.02. The summed E-state index contributed by atoms with van der Waals surface area (Å²) in [6.45, 7) is 4.06. The lowest BCUT2D eigenvalue weighted by Crippen LogP contribution is -2.48. The molecule has 0 aliphatic carbocycles. The van der Waals surface area contributed by atoms with E-state index in [0.29, 0.717) is 6.54 Å². The summed E-state index contributed by atoms with van der Waals surface area (Å²) >= 11 is 0. The average molecular weight is 264 g/mol. The van der Waals surface area contributed by atoms with Gasteiger partial charge in [-0.05, 0) is 11.5 Å². The number of carboxylic acid groups (broad SMARTS) is 1. The molecule has 1 amide bonds. The van der Waals surface area contributed by atoms with E-state index in [-0.39, 0.29) is 18.4 Å². The summed E-state index contributed by atoms with van der Waals surface area (Å²) in [6.07, 6.45) is 0. The maximum absolute atomic E-state index is 11.9. The number of carbonyl (C=O) groups excluding carboxylic acids is 1. The lowest BCUT2D eigenvalue weighted by molar-refractivity contribution is -0.138. The van der Waals surface area contributed by atoms with E-state index in [0.717, 1.165) is 5.56 Å². The standard InChI is InChI=1S/C14H20N2O3/c1-10(2)13(14(19)16-9-12(17)18)15-8-11-6-4-3-5-7-11/h3-7,10,13,15H,8-9H2,1-2H3,(H,16,19)(H,17,18)/t13-/m0/s1. The highest BCUT2D eigenvalue weighted by atomic mass is 16.4. The van der Waals surface area contributed by atoms with E-state index >= 15 is 0 Å². The molecule has 1 aromatic carbocycles. The van der Waals surface area contributed by atoms with Crippen LogP contribution in [-0.2, 0) is 16.1 Å². The lowest BCUT2D eigenvalue weighted by atomic mass is 10.0. The summed E-state index contributed by atoms with van der Waals surface area (Å²) in [5.41, 5.74) is 1.08. The van der Waals surface area contributed by atoms with Crippen LogP contribution in [0.5, 0.6) is 0 Å². The van der Waals surface area contributed by atoms with Crippen molar-refractivity contribution in [1.29, 1.82) is 0 Å². The summed E-state index contributed by atoms with van der Waals surface area (Å²) in [5, 5.41) is 14.1. The van der Waals surface area contributed by atoms with Crippen molar-refractivity contribution in [1.82, 2.24) is 10.6 Å². The molecule has 0 aliphatic rings. The highest BCUT2D eigenvalue weighted by Crippen LogP contribution is 2.04. The first-order chi connectivity index (χ1) is 9.00. The van der Waals surface area contributed by atoms with Gasteiger partial charge >= 0.3 is 5.97 Å². The third-order valence-electron chi connectivity index (χ3n) is 2.73. The monoisotopic (exact) mass is 264 g/mol. The van der Waals surface area contributed by atoms with E-state index in [2.05, 4.69) is 10.6 Å². The third kappa shape index (κ3) is 5.52. The fraction of sp³-hybridized carbons (Fsp3) is 0.429. The van der Waals surface area contributed by atoms with Crippen LogP contribution in [-0.4, -0.2) is 29.6 Å². The topological polar surface area (TPSA) is 78.4 Å². The molecule has 0 fully saturated rings. The van der Waals surface area contributed by atoms with Gasteiger partial charge in [0.15, 0.2) is 0 Å². The van der Waals surface area contributed by atoms with E-state index in [1.807, 2.05) is 44.2 Å². The number of benzene rings is 1. The molecule has 0 heterocycles. The number of carbonyl (C=O) groups is 2. The van der Waals surface area contributed by atoms with Crippen molar-refractivity contribution in [2.45, 2.75) is 26.4 Å². The van der Waals surface area contributed by atoms with E-state index in [4.69, 9.17) is 5.11 Å². The summed E-state index contributed by atoms with van der Waals surface area (Å²) in [4.78, 5) is 22.3. The van der Waals surface area contributed by atoms with Crippen LogP contribution in [0.3, 0.4) is 0 Å². The van der Waals surface area contributed by atoms with Crippen molar-refractivity contribution in [2.75, 3.05) is 6.54 Å². The molecule has 0 saturated heterocycles. The number of hydrogen-bond donors (Lipinski definition) is 3. The van der Waals surface area contributed by atoms with Gasteiger partial charge in [-0.3, -0.25) is 9.59 Å². The Morgan fingerprint density at radius 1 is 1.21 bits per heavy atom. The van der Waals surface area contributed by atoms with Crippen molar-refractivity contribution in [2.24, 2.45) is 5.92 Å². The quantitative estimate of drug-likeness (QED) is 0.686. The number of aliphatic carboxylic acids is 1. The van der Waals surface area contributed by atoms with Gasteiger partial charge in [0.05, 0.1) is 6.04 Å². The molecule has 0 radical (unpaired) electrons. The molecule has 104 valence electrons. The van der Waals surface area contributed by atoms with Crippen molar-refractivity contribution in [3.05, 3.63) is 35.9 Å². The number of hydrogen-bond acceptors (Lipinski definition) is 3. The van der Waals surface area contributed by atoms with Crippen LogP contribution in [0.25, 0.3) is 0 Å². The van der Waals surface area contributed by atoms with Gasteiger partial charge in [-0.2, -0.15) is 0 Å². The Hall–Kier alpha value is -1.88. The summed E-state index contributed by atoms with van der Waals surface area (Å²) in [7, 11) is 0. The predicted molar refractivity (Wildman–Crippen MR) is 72.6 cm³/mol. The van der Waals surface area contributed by atoms with Crippen LogP contribution in [0.15, 0.2) is 30.3 Å². The second-order valence-electron chi connectivity index (χ2n) is 4.70. The molecule has 5 nitrogen and oxygen atoms in total. The van der Waals surface area contributed by atoms with Gasteiger partial charge in [-0.15, -0.1) is 0 Å². The molecule has 19 heavy (non-hydrogen) atoms. The van der Waals surface area contributed by atoms with E-state index in [1.54, 1.807) is 0 Å². The SMILES string of the molecule is CC(C)[C@H](NCc1ccccc1)C(=O)NCC(=O)O. The Balaban J connectivity index is 2.53. The van der Waals surface area contributed by atoms with Crippen LogP contribution >= 0.6 is 0 Å². The van der Waals surface area contributed by atoms with Crippen LogP contribution in [0.2, 0.25) is 0 Å². The second-order valence-corrected chi connectivity index (χ2v) is 4.70. The molecule has 0 spiro atoms. The summed E-state index contributed by atoms with van der Waals surface area (Å²) in [6, 6.07) is 9.35. The van der Waals surface area contributed by atoms with Crippen LogP contribution in [0.1, 0.15) is 19.4 Å². The summed E-state index contributed by atoms with van der Waals surface area (Å²) < 4.78 is 0. The van der Waals surface area contributed by atoms with Crippen LogP contribution < -0.4 is 10.6 Å². The van der Waals surface area contributed by atoms with Gasteiger partial charge in [0, 0.05) is 6.54 Å². The smallest absolute Gasteiger partial charge is 0.322 e. The highest BCUT2D eigenvalue weighted by Gasteiger charge is 2.21. The maximum Gasteiger partial charge on any atom is 0.322 e. The minimum Gasteiger partial charge on any atom is -0.480 e. The molecule has 0 unspecified atom stereocenters. The first kappa shape index (κ1) is 15.2. The zero-order valence-electron chi connectivity index (χ0n) is 11.2. The molecule has 0 bridgehead atoms. The molecular formula is C14H20N2O3. The van der Waals surface area contributed by atoms with Crippen molar-refractivity contribution in [3.8, 4) is 0 Å². The first-order valence-corrected chi connectivity index (χ1v) is 6.27. The molecule has 1 rings (SSSR count). The Morgan fingerprint density at radius 2 is 1.84 bits per heavy atom. The minimum atomic E-state index is -1.04. The van der Waals surface area contributed by atoms with Gasteiger partial charge in [-0.1, -0.05) is 44.2 Å². The molecule has 5 heteroatoms. The largest absolute Gasteiger partial charge is 0.480 e. The van der Waals surface area contributed by atoms with Crippen molar-refractivity contribution >= 4 is 11.9 Å². The third-order valence-corrected chi connectivity index (χ3v) is 2.73. The van der Waals surface area contributed by atoms with Gasteiger partial charge in [0.2, 0.25) is 5.91 Å². The van der Waals surface area contributed by atoms with Crippen molar-refractivity contribution in [3.63, 3.8) is 0 Å². The van der Waals surface area contributed by atoms with Gasteiger partial charge in [-0.25, -0.2) is 0 Å². The Morgan fingerprint density at radius 3 is 2.37 bits per heavy atom. The average Bonchev–Trinajstić information content (AvgIpc) is 2.37. The first-order valence-electron chi connectivity index (χ1n) is 6.27. The predicted octanol–water partition coefficient (Wildman–Crippen LogP) is 1.00. The Labute approximate surface area is 113 Å². The molecular weight excluding hydrogens is 244 g/mol. The fourth-order valence-corrected chi connectivity index (χ4v) is 1.73. The minimum absolute atomic E-state index is 0.0810. The fourth-order valence-electron chi connectivity index (χ4n) is 1.73. The zero-order chi connectivity index (χ0) is 14.3. The van der Waals surface area contributed by atoms with Crippen LogP contribution in [0.4, 0.5) is 0 Å². The Bertz CT molecular complexity index is 418. The number of carboxylic acids is 1. The van der Waals surface area contributed by atoms with E-state index in [1.165, 1.54) is 0 Å². The van der Waals surface area contributed by atoms with Crippen LogP contribution in [0, 0.1) is 5.92 Å². The van der Waals surface area contributed by atoms with E-state index in [9.17, 15) is 9.59 Å². The number of rotatable bonds is 7.